The van der Waals surface area contributed by atoms with E-state index in [1.807, 2.05) is 6.92 Å². The summed E-state index contributed by atoms with van der Waals surface area (Å²) in [5, 5.41) is 0. The van der Waals surface area contributed by atoms with Crippen LogP contribution < -0.4 is 5.73 Å². The Labute approximate surface area is 127 Å². The first kappa shape index (κ1) is 16.5. The fraction of sp³-hybridized carbons (Fsp3) is 0.429. The number of benzene rings is 1. The zero-order valence-corrected chi connectivity index (χ0v) is 13.6. The summed E-state index contributed by atoms with van der Waals surface area (Å²) in [5.41, 5.74) is 6.72. The van der Waals surface area contributed by atoms with Gasteiger partial charge in [0.15, 0.2) is 0 Å². The van der Waals surface area contributed by atoms with Gasteiger partial charge in [0, 0.05) is 30.8 Å². The summed E-state index contributed by atoms with van der Waals surface area (Å²) in [6.45, 7) is 2.56. The van der Waals surface area contributed by atoms with Gasteiger partial charge in [-0.3, -0.25) is 9.59 Å². The van der Waals surface area contributed by atoms with Crippen LogP contribution in [0.4, 0.5) is 5.69 Å². The topological polar surface area (TPSA) is 66.6 Å². The van der Waals surface area contributed by atoms with Gasteiger partial charge in [0.2, 0.25) is 5.91 Å². The lowest BCUT2D eigenvalue weighted by Gasteiger charge is -2.24. The number of carbonyl (C=O) groups excluding carboxylic acids is 2. The number of rotatable bonds is 5. The van der Waals surface area contributed by atoms with Crippen molar-refractivity contribution in [1.29, 1.82) is 0 Å². The molecular weight excluding hydrogens is 322 g/mol. The summed E-state index contributed by atoms with van der Waals surface area (Å²) in [6.07, 6.45) is 0.784. The molecule has 0 aromatic heterocycles. The van der Waals surface area contributed by atoms with E-state index >= 15 is 0 Å². The van der Waals surface area contributed by atoms with E-state index in [-0.39, 0.29) is 18.4 Å². The van der Waals surface area contributed by atoms with E-state index < -0.39 is 0 Å². The van der Waals surface area contributed by atoms with Gasteiger partial charge in [-0.25, -0.2) is 0 Å². The number of nitrogen functional groups attached to an aromatic ring is 1. The van der Waals surface area contributed by atoms with E-state index in [9.17, 15) is 9.59 Å². The number of nitrogens with two attached hydrogens (primary N) is 1. The Morgan fingerprint density at radius 1 is 1.30 bits per heavy atom. The lowest BCUT2D eigenvalue weighted by atomic mass is 10.1. The van der Waals surface area contributed by atoms with Crippen molar-refractivity contribution in [3.8, 4) is 0 Å². The van der Waals surface area contributed by atoms with Crippen molar-refractivity contribution in [2.45, 2.75) is 13.3 Å². The number of hydrogen-bond donors (Lipinski definition) is 1. The van der Waals surface area contributed by atoms with Gasteiger partial charge in [0.1, 0.15) is 6.54 Å². The predicted molar refractivity (Wildman–Crippen MR) is 83.4 cm³/mol. The van der Waals surface area contributed by atoms with Crippen LogP contribution >= 0.6 is 15.9 Å². The van der Waals surface area contributed by atoms with Crippen molar-refractivity contribution in [1.82, 2.24) is 9.80 Å². The van der Waals surface area contributed by atoms with Crippen LogP contribution in [0.2, 0.25) is 0 Å². The highest BCUT2D eigenvalue weighted by Crippen LogP contribution is 2.21. The smallest absolute Gasteiger partial charge is 0.255 e. The van der Waals surface area contributed by atoms with Crippen LogP contribution in [0.1, 0.15) is 23.7 Å². The second kappa shape index (κ2) is 7.28. The van der Waals surface area contributed by atoms with Crippen LogP contribution in [-0.2, 0) is 4.79 Å². The molecule has 0 heterocycles. The largest absolute Gasteiger partial charge is 0.399 e. The summed E-state index contributed by atoms with van der Waals surface area (Å²) in [4.78, 5) is 27.4. The molecular formula is C14H20BrN3O2. The molecule has 0 saturated carbocycles. The highest BCUT2D eigenvalue weighted by molar-refractivity contribution is 9.10. The summed E-state index contributed by atoms with van der Waals surface area (Å²) in [6, 6.07) is 5.08. The van der Waals surface area contributed by atoms with Gasteiger partial charge in [-0.15, -0.1) is 0 Å². The number of anilines is 1. The Hall–Kier alpha value is -1.56. The molecule has 0 spiro atoms. The van der Waals surface area contributed by atoms with Crippen molar-refractivity contribution in [2.24, 2.45) is 0 Å². The minimum absolute atomic E-state index is 0.0703. The van der Waals surface area contributed by atoms with Crippen molar-refractivity contribution >= 4 is 33.4 Å². The van der Waals surface area contributed by atoms with Gasteiger partial charge in [-0.05, 0) is 40.5 Å². The number of amides is 2. The van der Waals surface area contributed by atoms with E-state index in [1.165, 1.54) is 4.90 Å². The van der Waals surface area contributed by atoms with Crippen LogP contribution in [0.5, 0.6) is 0 Å². The lowest BCUT2D eigenvalue weighted by Crippen LogP contribution is -2.40. The molecule has 0 aliphatic carbocycles. The maximum absolute atomic E-state index is 12.5. The van der Waals surface area contributed by atoms with Crippen LogP contribution in [0.25, 0.3) is 0 Å². The molecule has 1 aromatic carbocycles. The summed E-state index contributed by atoms with van der Waals surface area (Å²) in [7, 11) is 3.35. The fourth-order valence-electron chi connectivity index (χ4n) is 1.70. The van der Waals surface area contributed by atoms with Crippen LogP contribution in [0, 0.1) is 0 Å². The molecule has 1 aromatic rings. The number of carbonyl (C=O) groups is 2. The Morgan fingerprint density at radius 2 is 1.95 bits per heavy atom. The second-order valence-corrected chi connectivity index (χ2v) is 5.61. The molecule has 0 bridgehead atoms. The van der Waals surface area contributed by atoms with Crippen molar-refractivity contribution < 1.29 is 9.59 Å². The molecule has 0 radical (unpaired) electrons. The van der Waals surface area contributed by atoms with Gasteiger partial charge in [0.05, 0.1) is 5.56 Å². The summed E-state index contributed by atoms with van der Waals surface area (Å²) in [5.74, 6) is -0.298. The zero-order valence-electron chi connectivity index (χ0n) is 12.0. The van der Waals surface area contributed by atoms with Gasteiger partial charge in [-0.1, -0.05) is 6.92 Å². The van der Waals surface area contributed by atoms with Crippen LogP contribution in [0.15, 0.2) is 22.7 Å². The summed E-state index contributed by atoms with van der Waals surface area (Å²) < 4.78 is 0.676. The Balaban J connectivity index is 2.99. The molecule has 0 saturated heterocycles. The van der Waals surface area contributed by atoms with Gasteiger partial charge in [0.25, 0.3) is 5.91 Å². The molecule has 2 N–H and O–H groups in total. The SMILES string of the molecule is CCCN(CC(=O)N(C)C)C(=O)c1cc(N)ccc1Br. The highest BCUT2D eigenvalue weighted by atomic mass is 79.9. The van der Waals surface area contributed by atoms with E-state index in [1.54, 1.807) is 37.2 Å². The lowest BCUT2D eigenvalue weighted by molar-refractivity contribution is -0.129. The van der Waals surface area contributed by atoms with Crippen molar-refractivity contribution in [3.05, 3.63) is 28.2 Å². The molecule has 0 aliphatic heterocycles. The molecule has 20 heavy (non-hydrogen) atoms. The van der Waals surface area contributed by atoms with Gasteiger partial charge in [-0.2, -0.15) is 0 Å². The van der Waals surface area contributed by atoms with Crippen molar-refractivity contribution in [3.63, 3.8) is 0 Å². The molecule has 5 nitrogen and oxygen atoms in total. The first-order chi connectivity index (χ1) is 9.36. The van der Waals surface area contributed by atoms with E-state index in [0.29, 0.717) is 22.3 Å². The fourth-order valence-corrected chi connectivity index (χ4v) is 2.12. The maximum atomic E-state index is 12.5. The first-order valence-corrected chi connectivity index (χ1v) is 7.20. The first-order valence-electron chi connectivity index (χ1n) is 6.41. The standard InChI is InChI=1S/C14H20BrN3O2/c1-4-7-18(9-13(19)17(2)3)14(20)11-8-10(16)5-6-12(11)15/h5-6,8H,4,7,9,16H2,1-3H3. The normalized spacial score (nSPS) is 10.2. The zero-order chi connectivity index (χ0) is 15.3. The van der Waals surface area contributed by atoms with E-state index in [4.69, 9.17) is 5.73 Å². The molecule has 2 amide bonds. The third kappa shape index (κ3) is 4.23. The number of likely N-dealkylation sites (N-methyl/N-ethyl adjacent to an activating group) is 1. The minimum atomic E-state index is -0.193. The Kier molecular flexibility index (Phi) is 6.01. The maximum Gasteiger partial charge on any atom is 0.255 e. The average Bonchev–Trinajstić information content (AvgIpc) is 2.40. The van der Waals surface area contributed by atoms with Crippen LogP contribution in [-0.4, -0.2) is 48.8 Å². The molecule has 1 rings (SSSR count). The predicted octanol–water partition coefficient (Wildman–Crippen LogP) is 1.97. The number of nitrogens with zero attached hydrogens (tertiary/aromatic N) is 2. The molecule has 0 aliphatic rings. The number of halogens is 1. The van der Waals surface area contributed by atoms with Crippen molar-refractivity contribution in [2.75, 3.05) is 32.9 Å². The second-order valence-electron chi connectivity index (χ2n) is 4.75. The van der Waals surface area contributed by atoms with Crippen LogP contribution in [0.3, 0.4) is 0 Å². The molecule has 0 fully saturated rings. The molecule has 110 valence electrons. The van der Waals surface area contributed by atoms with Gasteiger partial charge >= 0.3 is 0 Å². The molecule has 0 unspecified atom stereocenters. The third-order valence-corrected chi connectivity index (χ3v) is 3.52. The quantitative estimate of drug-likeness (QED) is 0.832. The van der Waals surface area contributed by atoms with Gasteiger partial charge < -0.3 is 15.5 Å². The minimum Gasteiger partial charge on any atom is -0.399 e. The molecule has 0 atom stereocenters. The number of hydrogen-bond acceptors (Lipinski definition) is 3. The van der Waals surface area contributed by atoms with E-state index in [2.05, 4.69) is 15.9 Å². The van der Waals surface area contributed by atoms with E-state index in [0.717, 1.165) is 6.42 Å². The average molecular weight is 342 g/mol. The monoisotopic (exact) mass is 341 g/mol. The Morgan fingerprint density at radius 3 is 2.50 bits per heavy atom. The summed E-state index contributed by atoms with van der Waals surface area (Å²) >= 11 is 3.35. The third-order valence-electron chi connectivity index (χ3n) is 2.83. The molecule has 6 heteroatoms. The highest BCUT2D eigenvalue weighted by Gasteiger charge is 2.21. The Bertz CT molecular complexity index is 503.